The maximum Gasteiger partial charge on any atom is 0.271 e. The summed E-state index contributed by atoms with van der Waals surface area (Å²) in [5.41, 5.74) is 3.53. The average molecular weight is 492 g/mol. The number of hydrazone groups is 1. The van der Waals surface area contributed by atoms with Gasteiger partial charge in [-0.3, -0.25) is 4.79 Å². The predicted molar refractivity (Wildman–Crippen MR) is 95.0 cm³/mol. The maximum atomic E-state index is 11.8. The van der Waals surface area contributed by atoms with Crippen LogP contribution >= 0.6 is 45.2 Å². The van der Waals surface area contributed by atoms with Gasteiger partial charge in [-0.25, -0.2) is 5.43 Å². The zero-order chi connectivity index (χ0) is 14.5. The van der Waals surface area contributed by atoms with E-state index >= 15 is 0 Å². The lowest BCUT2D eigenvalue weighted by atomic mass is 10.2. The number of benzene rings is 2. The summed E-state index contributed by atoms with van der Waals surface area (Å²) in [4.78, 5) is 11.8. The third-order valence-corrected chi connectivity index (χ3v) is 3.91. The van der Waals surface area contributed by atoms with E-state index in [0.717, 1.165) is 7.14 Å². The van der Waals surface area contributed by atoms with Crippen molar-refractivity contribution in [3.05, 3.63) is 60.7 Å². The van der Waals surface area contributed by atoms with Crippen molar-refractivity contribution in [3.8, 4) is 5.75 Å². The van der Waals surface area contributed by atoms with Crippen LogP contribution < -0.4 is 5.43 Å². The third-order valence-electron chi connectivity index (χ3n) is 2.46. The first-order chi connectivity index (χ1) is 9.58. The highest BCUT2D eigenvalue weighted by Crippen LogP contribution is 2.25. The molecule has 0 heterocycles. The Kier molecular flexibility index (Phi) is 5.35. The van der Waals surface area contributed by atoms with Crippen LogP contribution in [0.1, 0.15) is 15.9 Å². The molecule has 0 fully saturated rings. The number of hydrogen-bond acceptors (Lipinski definition) is 3. The number of aromatic hydroxyl groups is 1. The van der Waals surface area contributed by atoms with Gasteiger partial charge in [0.25, 0.3) is 5.91 Å². The lowest BCUT2D eigenvalue weighted by Gasteiger charge is -2.03. The second kappa shape index (κ2) is 7.02. The molecule has 0 saturated heterocycles. The van der Waals surface area contributed by atoms with E-state index in [1.807, 2.05) is 34.7 Å². The SMILES string of the molecule is O=C(N/N=C/c1cc(I)cc(I)c1O)c1ccccc1. The van der Waals surface area contributed by atoms with Crippen LogP contribution in [0.2, 0.25) is 0 Å². The monoisotopic (exact) mass is 492 g/mol. The van der Waals surface area contributed by atoms with Gasteiger partial charge in [-0.1, -0.05) is 18.2 Å². The smallest absolute Gasteiger partial charge is 0.271 e. The topological polar surface area (TPSA) is 61.7 Å². The number of amides is 1. The van der Waals surface area contributed by atoms with Gasteiger partial charge in [0.05, 0.1) is 9.78 Å². The van der Waals surface area contributed by atoms with Crippen LogP contribution in [0.4, 0.5) is 0 Å². The highest BCUT2D eigenvalue weighted by molar-refractivity contribution is 14.1. The first kappa shape index (κ1) is 15.2. The third kappa shape index (κ3) is 3.92. The molecule has 102 valence electrons. The van der Waals surface area contributed by atoms with E-state index in [4.69, 9.17) is 0 Å². The van der Waals surface area contributed by atoms with E-state index in [-0.39, 0.29) is 11.7 Å². The highest BCUT2D eigenvalue weighted by Gasteiger charge is 2.06. The molecule has 2 rings (SSSR count). The summed E-state index contributed by atoms with van der Waals surface area (Å²) in [7, 11) is 0. The van der Waals surface area contributed by atoms with Crippen LogP contribution in [0.25, 0.3) is 0 Å². The zero-order valence-corrected chi connectivity index (χ0v) is 14.5. The van der Waals surface area contributed by atoms with E-state index < -0.39 is 0 Å². The minimum atomic E-state index is -0.290. The van der Waals surface area contributed by atoms with Gasteiger partial charge in [0.1, 0.15) is 5.75 Å². The lowest BCUT2D eigenvalue weighted by molar-refractivity contribution is 0.0955. The van der Waals surface area contributed by atoms with Crippen LogP contribution in [-0.2, 0) is 0 Å². The molecule has 0 aliphatic heterocycles. The summed E-state index contributed by atoms with van der Waals surface area (Å²) in [6.07, 6.45) is 1.43. The van der Waals surface area contributed by atoms with Crippen LogP contribution in [0.3, 0.4) is 0 Å². The Morgan fingerprint density at radius 1 is 1.20 bits per heavy atom. The molecule has 6 heteroatoms. The Labute approximate surface area is 143 Å². The average Bonchev–Trinajstić information content (AvgIpc) is 2.44. The molecular formula is C14H10I2N2O2. The number of nitrogens with one attached hydrogen (secondary N) is 1. The first-order valence-electron chi connectivity index (χ1n) is 5.64. The molecule has 0 spiro atoms. The summed E-state index contributed by atoms with van der Waals surface area (Å²) in [6.45, 7) is 0. The standard InChI is InChI=1S/C14H10I2N2O2/c15-11-6-10(13(19)12(16)7-11)8-17-18-14(20)9-4-2-1-3-5-9/h1-8,19H,(H,18,20)/b17-8+. The quantitative estimate of drug-likeness (QED) is 0.393. The molecule has 20 heavy (non-hydrogen) atoms. The summed E-state index contributed by atoms with van der Waals surface area (Å²) >= 11 is 4.20. The Morgan fingerprint density at radius 3 is 2.60 bits per heavy atom. The Hall–Kier alpha value is -1.16. The van der Waals surface area contributed by atoms with E-state index in [1.165, 1.54) is 6.21 Å². The maximum absolute atomic E-state index is 11.8. The molecule has 2 aromatic carbocycles. The van der Waals surface area contributed by atoms with Gasteiger partial charge in [0.15, 0.2) is 0 Å². The van der Waals surface area contributed by atoms with Crippen molar-refractivity contribution < 1.29 is 9.90 Å². The van der Waals surface area contributed by atoms with E-state index in [0.29, 0.717) is 11.1 Å². The van der Waals surface area contributed by atoms with Gasteiger partial charge in [-0.15, -0.1) is 0 Å². The number of halogens is 2. The number of phenolic OH excluding ortho intramolecular Hbond substituents is 1. The molecule has 0 unspecified atom stereocenters. The number of carbonyl (C=O) groups excluding carboxylic acids is 1. The molecular weight excluding hydrogens is 482 g/mol. The molecule has 0 saturated carbocycles. The van der Waals surface area contributed by atoms with Crippen molar-refractivity contribution in [3.63, 3.8) is 0 Å². The fourth-order valence-corrected chi connectivity index (χ4v) is 3.39. The van der Waals surface area contributed by atoms with Gasteiger partial charge < -0.3 is 5.11 Å². The molecule has 0 aliphatic carbocycles. The molecule has 4 nitrogen and oxygen atoms in total. The fourth-order valence-electron chi connectivity index (χ4n) is 1.50. The van der Waals surface area contributed by atoms with Crippen LogP contribution in [-0.4, -0.2) is 17.2 Å². The molecule has 2 aromatic rings. The van der Waals surface area contributed by atoms with Crippen molar-refractivity contribution in [1.29, 1.82) is 0 Å². The van der Waals surface area contributed by atoms with E-state index in [2.05, 4.69) is 33.1 Å². The largest absolute Gasteiger partial charge is 0.506 e. The minimum Gasteiger partial charge on any atom is -0.506 e. The highest BCUT2D eigenvalue weighted by atomic mass is 127. The van der Waals surface area contributed by atoms with E-state index in [9.17, 15) is 9.90 Å². The second-order valence-corrected chi connectivity index (χ2v) is 6.30. The summed E-state index contributed by atoms with van der Waals surface area (Å²) < 4.78 is 1.73. The zero-order valence-electron chi connectivity index (χ0n) is 10.2. The van der Waals surface area contributed by atoms with Gasteiger partial charge >= 0.3 is 0 Å². The predicted octanol–water partition coefficient (Wildman–Crippen LogP) is 3.37. The van der Waals surface area contributed by atoms with Crippen LogP contribution in [0.5, 0.6) is 5.75 Å². The van der Waals surface area contributed by atoms with Gasteiger partial charge in [-0.05, 0) is 69.4 Å². The number of hydrogen-bond donors (Lipinski definition) is 2. The second-order valence-electron chi connectivity index (χ2n) is 3.89. The van der Waals surface area contributed by atoms with Crippen LogP contribution in [0, 0.1) is 7.14 Å². The number of nitrogens with zero attached hydrogens (tertiary/aromatic N) is 1. The fraction of sp³-hybridized carbons (Fsp3) is 0. The van der Waals surface area contributed by atoms with Gasteiger partial charge in [0, 0.05) is 14.7 Å². The van der Waals surface area contributed by atoms with Crippen molar-refractivity contribution in [2.24, 2.45) is 5.10 Å². The van der Waals surface area contributed by atoms with Crippen molar-refractivity contribution in [2.75, 3.05) is 0 Å². The summed E-state index contributed by atoms with van der Waals surface area (Å²) in [5.74, 6) is -0.134. The summed E-state index contributed by atoms with van der Waals surface area (Å²) in [5, 5.41) is 13.8. The van der Waals surface area contributed by atoms with Crippen molar-refractivity contribution in [2.45, 2.75) is 0 Å². The summed E-state index contributed by atoms with van der Waals surface area (Å²) in [6, 6.07) is 12.5. The molecule has 0 radical (unpaired) electrons. The molecule has 2 N–H and O–H groups in total. The van der Waals surface area contributed by atoms with E-state index in [1.54, 1.807) is 30.3 Å². The van der Waals surface area contributed by atoms with Gasteiger partial charge in [-0.2, -0.15) is 5.10 Å². The molecule has 1 amide bonds. The Bertz CT molecular complexity index is 658. The lowest BCUT2D eigenvalue weighted by Crippen LogP contribution is -2.17. The Balaban J connectivity index is 2.10. The first-order valence-corrected chi connectivity index (χ1v) is 7.80. The molecule has 0 aromatic heterocycles. The normalized spacial score (nSPS) is 10.7. The molecule has 0 bridgehead atoms. The minimum absolute atomic E-state index is 0.156. The number of rotatable bonds is 3. The van der Waals surface area contributed by atoms with Crippen LogP contribution in [0.15, 0.2) is 47.6 Å². The van der Waals surface area contributed by atoms with Crippen molar-refractivity contribution >= 4 is 57.3 Å². The Morgan fingerprint density at radius 2 is 1.90 bits per heavy atom. The number of carbonyl (C=O) groups is 1. The number of phenols is 1. The van der Waals surface area contributed by atoms with Crippen molar-refractivity contribution in [1.82, 2.24) is 5.43 Å². The molecule has 0 aliphatic rings. The molecule has 0 atom stereocenters. The van der Waals surface area contributed by atoms with Gasteiger partial charge in [0.2, 0.25) is 0 Å².